The fourth-order valence-corrected chi connectivity index (χ4v) is 2.19. The second kappa shape index (κ2) is 5.36. The molecule has 2 rings (SSSR count). The van der Waals surface area contributed by atoms with Crippen LogP contribution in [0.4, 0.5) is 0 Å². The van der Waals surface area contributed by atoms with Crippen LogP contribution >= 0.6 is 0 Å². The third-order valence-corrected chi connectivity index (χ3v) is 3.19. The average molecular weight is 244 g/mol. The molecule has 0 aliphatic carbocycles. The molecule has 96 valence electrons. The van der Waals surface area contributed by atoms with Crippen LogP contribution in [-0.2, 0) is 6.54 Å². The Labute approximate surface area is 108 Å². The molecule has 2 aromatic rings. The third-order valence-electron chi connectivity index (χ3n) is 3.19. The Hall–Kier alpha value is -1.61. The van der Waals surface area contributed by atoms with Crippen molar-refractivity contribution in [2.75, 3.05) is 0 Å². The van der Waals surface area contributed by atoms with Gasteiger partial charge in [0.15, 0.2) is 0 Å². The van der Waals surface area contributed by atoms with Crippen LogP contribution in [0.15, 0.2) is 30.6 Å². The minimum absolute atomic E-state index is 0.647. The molecule has 1 N–H and O–H groups in total. The van der Waals surface area contributed by atoms with Crippen LogP contribution in [0.25, 0.3) is 0 Å². The van der Waals surface area contributed by atoms with Gasteiger partial charge >= 0.3 is 0 Å². The fraction of sp³-hybridized carbons (Fsp3) is 0.400. The summed E-state index contributed by atoms with van der Waals surface area (Å²) in [6, 6.07) is 6.13. The number of aromatic nitrogens is 2. The number of rotatable bonds is 4. The number of hydrogen-bond acceptors (Lipinski definition) is 2. The van der Waals surface area contributed by atoms with Gasteiger partial charge in [0.25, 0.3) is 0 Å². The van der Waals surface area contributed by atoms with Crippen LogP contribution in [0.2, 0.25) is 0 Å². The summed E-state index contributed by atoms with van der Waals surface area (Å²) in [5, 5.41) is 10.5. The second-order valence-electron chi connectivity index (χ2n) is 4.74. The molecular formula is C15H20N2O. The first-order chi connectivity index (χ1) is 8.63. The number of imidazole rings is 1. The molecule has 0 bridgehead atoms. The lowest BCUT2D eigenvalue weighted by molar-refractivity contribution is 0.203. The molecule has 0 radical (unpaired) electrons. The second-order valence-corrected chi connectivity index (χ2v) is 4.74. The summed E-state index contributed by atoms with van der Waals surface area (Å²) in [5.41, 5.74) is 3.20. The molecule has 3 heteroatoms. The zero-order chi connectivity index (χ0) is 13.1. The van der Waals surface area contributed by atoms with Crippen LogP contribution in [0.5, 0.6) is 0 Å². The van der Waals surface area contributed by atoms with Gasteiger partial charge in [0.05, 0.1) is 0 Å². The normalized spacial score (nSPS) is 12.7. The molecule has 0 fully saturated rings. The van der Waals surface area contributed by atoms with E-state index in [2.05, 4.69) is 18.0 Å². The van der Waals surface area contributed by atoms with Crippen LogP contribution < -0.4 is 0 Å². The van der Waals surface area contributed by atoms with E-state index < -0.39 is 6.10 Å². The van der Waals surface area contributed by atoms with E-state index in [1.165, 1.54) is 0 Å². The van der Waals surface area contributed by atoms with Crippen molar-refractivity contribution < 1.29 is 5.11 Å². The highest BCUT2D eigenvalue weighted by Crippen LogP contribution is 2.24. The summed E-state index contributed by atoms with van der Waals surface area (Å²) in [4.78, 5) is 4.29. The van der Waals surface area contributed by atoms with Gasteiger partial charge in [0.1, 0.15) is 11.9 Å². The SMILES string of the molecule is CCCn1ccnc1C(O)c1cc(C)ccc1C. The van der Waals surface area contributed by atoms with Gasteiger partial charge in [0, 0.05) is 18.9 Å². The number of nitrogens with zero attached hydrogens (tertiary/aromatic N) is 2. The molecule has 18 heavy (non-hydrogen) atoms. The quantitative estimate of drug-likeness (QED) is 0.897. The topological polar surface area (TPSA) is 38.0 Å². The van der Waals surface area contributed by atoms with Crippen molar-refractivity contribution >= 4 is 0 Å². The van der Waals surface area contributed by atoms with Crippen molar-refractivity contribution in [1.82, 2.24) is 9.55 Å². The number of aryl methyl sites for hydroxylation is 3. The van der Waals surface area contributed by atoms with Crippen molar-refractivity contribution in [2.45, 2.75) is 39.8 Å². The maximum Gasteiger partial charge on any atom is 0.142 e. The van der Waals surface area contributed by atoms with Crippen molar-refractivity contribution in [2.24, 2.45) is 0 Å². The third kappa shape index (κ3) is 2.46. The van der Waals surface area contributed by atoms with E-state index in [-0.39, 0.29) is 0 Å². The Bertz CT molecular complexity index is 531. The molecule has 1 aromatic carbocycles. The molecule has 0 spiro atoms. The molecule has 1 unspecified atom stereocenters. The maximum atomic E-state index is 10.5. The zero-order valence-electron chi connectivity index (χ0n) is 11.2. The monoisotopic (exact) mass is 244 g/mol. The molecule has 0 amide bonds. The van der Waals surface area contributed by atoms with Crippen molar-refractivity contribution in [3.05, 3.63) is 53.1 Å². The summed E-state index contributed by atoms with van der Waals surface area (Å²) in [6.07, 6.45) is 4.06. The highest BCUT2D eigenvalue weighted by Gasteiger charge is 2.17. The number of hydrogen-bond donors (Lipinski definition) is 1. The Morgan fingerprint density at radius 1 is 1.33 bits per heavy atom. The van der Waals surface area contributed by atoms with Gasteiger partial charge in [-0.3, -0.25) is 0 Å². The van der Waals surface area contributed by atoms with E-state index in [0.717, 1.165) is 35.5 Å². The lowest BCUT2D eigenvalue weighted by Gasteiger charge is -2.16. The van der Waals surface area contributed by atoms with Gasteiger partial charge in [-0.25, -0.2) is 4.98 Å². The summed E-state index contributed by atoms with van der Waals surface area (Å²) in [6.45, 7) is 7.06. The van der Waals surface area contributed by atoms with Gasteiger partial charge in [-0.15, -0.1) is 0 Å². The molecule has 1 atom stereocenters. The van der Waals surface area contributed by atoms with E-state index >= 15 is 0 Å². The van der Waals surface area contributed by atoms with Gasteiger partial charge < -0.3 is 9.67 Å². The van der Waals surface area contributed by atoms with E-state index in [1.807, 2.05) is 36.7 Å². The van der Waals surface area contributed by atoms with E-state index in [9.17, 15) is 5.11 Å². The molecule has 0 saturated carbocycles. The first kappa shape index (κ1) is 12.8. The van der Waals surface area contributed by atoms with Gasteiger partial charge in [-0.05, 0) is 31.4 Å². The largest absolute Gasteiger partial charge is 0.380 e. The smallest absolute Gasteiger partial charge is 0.142 e. The van der Waals surface area contributed by atoms with Crippen LogP contribution in [0, 0.1) is 13.8 Å². The average Bonchev–Trinajstić information content (AvgIpc) is 2.80. The summed E-state index contributed by atoms with van der Waals surface area (Å²) in [7, 11) is 0. The molecule has 0 aliphatic rings. The van der Waals surface area contributed by atoms with Crippen LogP contribution in [0.1, 0.15) is 42.0 Å². The Balaban J connectivity index is 2.38. The molecule has 0 aliphatic heterocycles. The number of benzene rings is 1. The van der Waals surface area contributed by atoms with Gasteiger partial charge in [-0.2, -0.15) is 0 Å². The van der Waals surface area contributed by atoms with E-state index in [0.29, 0.717) is 0 Å². The molecular weight excluding hydrogens is 224 g/mol. The maximum absolute atomic E-state index is 10.5. The lowest BCUT2D eigenvalue weighted by atomic mass is 10.0. The lowest BCUT2D eigenvalue weighted by Crippen LogP contribution is -2.11. The van der Waals surface area contributed by atoms with Crippen LogP contribution in [0.3, 0.4) is 0 Å². The molecule has 3 nitrogen and oxygen atoms in total. The Kier molecular flexibility index (Phi) is 3.82. The highest BCUT2D eigenvalue weighted by atomic mass is 16.3. The van der Waals surface area contributed by atoms with Crippen molar-refractivity contribution in [1.29, 1.82) is 0 Å². The summed E-state index contributed by atoms with van der Waals surface area (Å²) in [5.74, 6) is 0.727. The Morgan fingerprint density at radius 3 is 2.83 bits per heavy atom. The molecule has 0 saturated heterocycles. The molecule has 1 aromatic heterocycles. The number of aliphatic hydroxyl groups excluding tert-OH is 1. The van der Waals surface area contributed by atoms with E-state index in [1.54, 1.807) is 6.20 Å². The predicted molar refractivity (Wildman–Crippen MR) is 72.5 cm³/mol. The minimum Gasteiger partial charge on any atom is -0.380 e. The first-order valence-electron chi connectivity index (χ1n) is 6.39. The fourth-order valence-electron chi connectivity index (χ4n) is 2.19. The minimum atomic E-state index is -0.647. The van der Waals surface area contributed by atoms with Crippen molar-refractivity contribution in [3.63, 3.8) is 0 Å². The van der Waals surface area contributed by atoms with Crippen LogP contribution in [-0.4, -0.2) is 14.7 Å². The predicted octanol–water partition coefficient (Wildman–Crippen LogP) is 2.99. The highest BCUT2D eigenvalue weighted by molar-refractivity contribution is 5.34. The van der Waals surface area contributed by atoms with E-state index in [4.69, 9.17) is 0 Å². The zero-order valence-corrected chi connectivity index (χ0v) is 11.2. The summed E-state index contributed by atoms with van der Waals surface area (Å²) >= 11 is 0. The standard InChI is InChI=1S/C15H20N2O/c1-4-8-17-9-7-16-15(17)14(18)13-10-11(2)5-6-12(13)3/h5-7,9-10,14,18H,4,8H2,1-3H3. The van der Waals surface area contributed by atoms with Crippen molar-refractivity contribution in [3.8, 4) is 0 Å². The summed E-state index contributed by atoms with van der Waals surface area (Å²) < 4.78 is 2.02. The van der Waals surface area contributed by atoms with Gasteiger partial charge in [0.2, 0.25) is 0 Å². The van der Waals surface area contributed by atoms with Gasteiger partial charge in [-0.1, -0.05) is 30.7 Å². The first-order valence-corrected chi connectivity index (χ1v) is 6.39. The molecule has 1 heterocycles. The number of aliphatic hydroxyl groups is 1. The Morgan fingerprint density at radius 2 is 2.11 bits per heavy atom.